The Balaban J connectivity index is 1.80. The van der Waals surface area contributed by atoms with Gasteiger partial charge in [0.15, 0.2) is 5.58 Å². The standard InChI is InChI=1S/C23H24N4O4/c1-25-22(29)21(16-5-6-20-19(10-16)26-23(30)31-20)18(13-27-8-7-17(28)12-27)15-4-2-3-14(9-15)11-24/h2-6,9-10,17-18,21,28H,7-8,12-13H2,1H3,(H,25,29)(H,26,30)/t17-,18?,21+/m0/s1. The van der Waals surface area contributed by atoms with E-state index in [1.54, 1.807) is 31.3 Å². The number of benzene rings is 2. The quantitative estimate of drug-likeness (QED) is 0.558. The number of β-amino-alcohol motifs (C(OH)–C–C–N with tert-alkyl or cyclic N) is 1. The molecule has 0 bridgehead atoms. The summed E-state index contributed by atoms with van der Waals surface area (Å²) in [6, 6.07) is 14.7. The van der Waals surface area contributed by atoms with Crippen LogP contribution in [0.5, 0.6) is 0 Å². The SMILES string of the molecule is CNC(=O)[C@H](c1ccc2oc(=O)[nH]c2c1)C(CN1CC[C@H](O)C1)c1cccc(C#N)c1. The number of amides is 1. The van der Waals surface area contributed by atoms with E-state index < -0.39 is 11.7 Å². The number of nitriles is 1. The molecule has 1 aliphatic rings. The number of rotatable bonds is 6. The molecule has 3 atom stereocenters. The van der Waals surface area contributed by atoms with Crippen LogP contribution in [0.3, 0.4) is 0 Å². The van der Waals surface area contributed by atoms with Gasteiger partial charge in [0.1, 0.15) is 0 Å². The van der Waals surface area contributed by atoms with Crippen molar-refractivity contribution in [1.82, 2.24) is 15.2 Å². The summed E-state index contributed by atoms with van der Waals surface area (Å²) in [7, 11) is 1.59. The molecule has 8 heteroatoms. The molecular weight excluding hydrogens is 396 g/mol. The third-order valence-corrected chi connectivity index (χ3v) is 5.88. The average molecular weight is 420 g/mol. The minimum Gasteiger partial charge on any atom is -0.408 e. The van der Waals surface area contributed by atoms with Crippen LogP contribution in [0.2, 0.25) is 0 Å². The van der Waals surface area contributed by atoms with E-state index in [1.165, 1.54) is 0 Å². The van der Waals surface area contributed by atoms with Crippen LogP contribution in [-0.4, -0.2) is 53.7 Å². The van der Waals surface area contributed by atoms with E-state index in [1.807, 2.05) is 18.2 Å². The van der Waals surface area contributed by atoms with Gasteiger partial charge in [0, 0.05) is 32.6 Å². The van der Waals surface area contributed by atoms with Gasteiger partial charge in [-0.05, 0) is 41.8 Å². The maximum absolute atomic E-state index is 13.1. The van der Waals surface area contributed by atoms with E-state index in [9.17, 15) is 20.0 Å². The van der Waals surface area contributed by atoms with E-state index in [0.29, 0.717) is 36.2 Å². The van der Waals surface area contributed by atoms with Crippen LogP contribution < -0.4 is 11.1 Å². The summed E-state index contributed by atoms with van der Waals surface area (Å²) in [4.78, 5) is 29.5. The van der Waals surface area contributed by atoms with Crippen molar-refractivity contribution < 1.29 is 14.3 Å². The topological polar surface area (TPSA) is 122 Å². The van der Waals surface area contributed by atoms with Crippen molar-refractivity contribution in [1.29, 1.82) is 5.26 Å². The summed E-state index contributed by atoms with van der Waals surface area (Å²) in [6.45, 7) is 1.83. The van der Waals surface area contributed by atoms with Crippen molar-refractivity contribution in [2.24, 2.45) is 0 Å². The van der Waals surface area contributed by atoms with Crippen molar-refractivity contribution in [3.05, 3.63) is 69.7 Å². The Hall–Kier alpha value is -3.41. The number of likely N-dealkylation sites (N-methyl/N-ethyl adjacent to an activating group) is 1. The Kier molecular flexibility index (Phi) is 5.89. The summed E-state index contributed by atoms with van der Waals surface area (Å²) < 4.78 is 5.10. The van der Waals surface area contributed by atoms with E-state index in [-0.39, 0.29) is 17.9 Å². The highest BCUT2D eigenvalue weighted by Crippen LogP contribution is 2.36. The number of nitrogens with one attached hydrogen (secondary N) is 2. The molecule has 1 amide bonds. The first-order chi connectivity index (χ1) is 15.0. The second-order valence-electron chi connectivity index (χ2n) is 7.91. The number of fused-ring (bicyclic) bond motifs is 1. The molecule has 0 aliphatic carbocycles. The van der Waals surface area contributed by atoms with Gasteiger partial charge < -0.3 is 19.7 Å². The molecule has 0 spiro atoms. The molecule has 1 fully saturated rings. The summed E-state index contributed by atoms with van der Waals surface area (Å²) in [5.74, 6) is -1.56. The molecule has 2 aromatic carbocycles. The van der Waals surface area contributed by atoms with Crippen LogP contribution in [-0.2, 0) is 4.79 Å². The lowest BCUT2D eigenvalue weighted by molar-refractivity contribution is -0.122. The highest BCUT2D eigenvalue weighted by Gasteiger charge is 2.34. The number of carbonyl (C=O) groups is 1. The first-order valence-electron chi connectivity index (χ1n) is 10.2. The van der Waals surface area contributed by atoms with E-state index in [0.717, 1.165) is 17.7 Å². The molecule has 2 heterocycles. The first kappa shape index (κ1) is 20.8. The second-order valence-corrected chi connectivity index (χ2v) is 7.91. The third kappa shape index (κ3) is 4.38. The zero-order valence-corrected chi connectivity index (χ0v) is 17.2. The van der Waals surface area contributed by atoms with Gasteiger partial charge in [-0.25, -0.2) is 4.79 Å². The number of H-pyrrole nitrogens is 1. The second kappa shape index (κ2) is 8.76. The van der Waals surface area contributed by atoms with Gasteiger partial charge in [0.2, 0.25) is 5.91 Å². The van der Waals surface area contributed by atoms with Crippen LogP contribution in [0.15, 0.2) is 51.7 Å². The van der Waals surface area contributed by atoms with Gasteiger partial charge in [-0.1, -0.05) is 18.2 Å². The number of aromatic amines is 1. The number of hydrogen-bond acceptors (Lipinski definition) is 6. The maximum atomic E-state index is 13.1. The Morgan fingerprint density at radius 2 is 2.19 bits per heavy atom. The van der Waals surface area contributed by atoms with E-state index >= 15 is 0 Å². The highest BCUT2D eigenvalue weighted by molar-refractivity contribution is 5.86. The minimum absolute atomic E-state index is 0.169. The molecule has 3 aromatic rings. The van der Waals surface area contributed by atoms with Crippen LogP contribution in [0.1, 0.15) is 34.9 Å². The summed E-state index contributed by atoms with van der Waals surface area (Å²) in [5.41, 5.74) is 3.08. The molecule has 1 unspecified atom stereocenters. The van der Waals surface area contributed by atoms with Gasteiger partial charge in [-0.2, -0.15) is 5.26 Å². The zero-order chi connectivity index (χ0) is 22.0. The summed E-state index contributed by atoms with van der Waals surface area (Å²) in [5, 5.41) is 22.1. The Labute approximate surface area is 179 Å². The number of aliphatic hydroxyl groups is 1. The fraction of sp³-hybridized carbons (Fsp3) is 0.348. The fourth-order valence-corrected chi connectivity index (χ4v) is 4.38. The first-order valence-corrected chi connectivity index (χ1v) is 10.2. The Bertz CT molecular complexity index is 1190. The molecule has 1 saturated heterocycles. The molecular formula is C23H24N4O4. The van der Waals surface area contributed by atoms with Crippen LogP contribution in [0.25, 0.3) is 11.1 Å². The lowest BCUT2D eigenvalue weighted by Gasteiger charge is -2.30. The normalized spacial score (nSPS) is 18.5. The molecule has 3 N–H and O–H groups in total. The molecule has 1 aliphatic heterocycles. The smallest absolute Gasteiger partial charge is 0.408 e. The van der Waals surface area contributed by atoms with Crippen molar-refractivity contribution in [2.45, 2.75) is 24.4 Å². The van der Waals surface area contributed by atoms with Crippen molar-refractivity contribution in [3.8, 4) is 6.07 Å². The van der Waals surface area contributed by atoms with Gasteiger partial charge in [-0.3, -0.25) is 9.78 Å². The number of aliphatic hydroxyl groups excluding tert-OH is 1. The van der Waals surface area contributed by atoms with Gasteiger partial charge in [0.05, 0.1) is 29.2 Å². The van der Waals surface area contributed by atoms with E-state index in [2.05, 4.69) is 21.3 Å². The number of oxazole rings is 1. The number of likely N-dealkylation sites (tertiary alicyclic amines) is 1. The van der Waals surface area contributed by atoms with Crippen LogP contribution in [0.4, 0.5) is 0 Å². The number of hydrogen-bond donors (Lipinski definition) is 3. The molecule has 0 radical (unpaired) electrons. The monoisotopic (exact) mass is 420 g/mol. The summed E-state index contributed by atoms with van der Waals surface area (Å²) in [6.07, 6.45) is 0.314. The van der Waals surface area contributed by atoms with Gasteiger partial charge >= 0.3 is 5.76 Å². The molecule has 31 heavy (non-hydrogen) atoms. The Morgan fingerprint density at radius 1 is 1.35 bits per heavy atom. The molecule has 1 aromatic heterocycles. The maximum Gasteiger partial charge on any atom is 0.417 e. The van der Waals surface area contributed by atoms with Crippen molar-refractivity contribution in [2.75, 3.05) is 26.7 Å². The largest absolute Gasteiger partial charge is 0.417 e. The minimum atomic E-state index is -0.570. The fourth-order valence-electron chi connectivity index (χ4n) is 4.38. The Morgan fingerprint density at radius 3 is 2.90 bits per heavy atom. The predicted molar refractivity (Wildman–Crippen MR) is 115 cm³/mol. The molecule has 160 valence electrons. The van der Waals surface area contributed by atoms with Crippen molar-refractivity contribution >= 4 is 17.0 Å². The summed E-state index contributed by atoms with van der Waals surface area (Å²) >= 11 is 0. The lowest BCUT2D eigenvalue weighted by Crippen LogP contribution is -2.36. The predicted octanol–water partition coefficient (Wildman–Crippen LogP) is 1.67. The highest BCUT2D eigenvalue weighted by atomic mass is 16.4. The van der Waals surface area contributed by atoms with Crippen LogP contribution in [0, 0.1) is 11.3 Å². The average Bonchev–Trinajstić information content (AvgIpc) is 3.36. The van der Waals surface area contributed by atoms with Gasteiger partial charge in [0.25, 0.3) is 0 Å². The number of carbonyl (C=O) groups excluding carboxylic acids is 1. The number of nitrogens with zero attached hydrogens (tertiary/aromatic N) is 2. The molecule has 4 rings (SSSR count). The third-order valence-electron chi connectivity index (χ3n) is 5.88. The molecule has 0 saturated carbocycles. The lowest BCUT2D eigenvalue weighted by atomic mass is 9.79. The molecule has 8 nitrogen and oxygen atoms in total. The van der Waals surface area contributed by atoms with Crippen molar-refractivity contribution in [3.63, 3.8) is 0 Å². The van der Waals surface area contributed by atoms with E-state index in [4.69, 9.17) is 4.42 Å². The number of aromatic nitrogens is 1. The van der Waals surface area contributed by atoms with Gasteiger partial charge in [-0.15, -0.1) is 0 Å². The zero-order valence-electron chi connectivity index (χ0n) is 17.2. The van der Waals surface area contributed by atoms with Crippen LogP contribution >= 0.6 is 0 Å².